The molecule has 0 bridgehead atoms. The Labute approximate surface area is 116 Å². The number of allylic oxidation sites excluding steroid dienone is 1. The van der Waals surface area contributed by atoms with Crippen molar-refractivity contribution in [1.29, 1.82) is 0 Å². The van der Waals surface area contributed by atoms with E-state index < -0.39 is 0 Å². The molecule has 19 heavy (non-hydrogen) atoms. The summed E-state index contributed by atoms with van der Waals surface area (Å²) in [5, 5.41) is 1.15. The predicted molar refractivity (Wildman–Crippen MR) is 81.5 cm³/mol. The van der Waals surface area contributed by atoms with E-state index in [4.69, 9.17) is 4.98 Å². The van der Waals surface area contributed by atoms with E-state index in [1.807, 2.05) is 0 Å². The lowest BCUT2D eigenvalue weighted by Gasteiger charge is -2.15. The number of hydrogen-bond donors (Lipinski definition) is 0. The Balaban J connectivity index is 1.90. The molecule has 1 nitrogen and oxygen atoms in total. The van der Waals surface area contributed by atoms with E-state index in [1.165, 1.54) is 21.4 Å². The molecule has 0 saturated heterocycles. The third-order valence-corrected chi connectivity index (χ3v) is 4.66. The Bertz CT molecular complexity index is 750. The molecule has 1 heterocycles. The van der Waals surface area contributed by atoms with Crippen molar-refractivity contribution in [2.45, 2.75) is 12.8 Å². The standard InChI is InChI=1S/C17H13NS/c1-2-8-13-12(6-1)7-5-9-14(13)17-18-15-10-3-4-11-16(15)19-17/h1-4,6,8-11H,5,7H2. The summed E-state index contributed by atoms with van der Waals surface area (Å²) in [6, 6.07) is 17.0. The number of aryl methyl sites for hydroxylation is 1. The van der Waals surface area contributed by atoms with Crippen molar-refractivity contribution in [3.63, 3.8) is 0 Å². The second kappa shape index (κ2) is 4.32. The van der Waals surface area contributed by atoms with Gasteiger partial charge < -0.3 is 0 Å². The number of benzene rings is 2. The van der Waals surface area contributed by atoms with Crippen molar-refractivity contribution in [3.05, 3.63) is 70.7 Å². The summed E-state index contributed by atoms with van der Waals surface area (Å²) in [5.74, 6) is 0. The number of nitrogens with zero attached hydrogens (tertiary/aromatic N) is 1. The van der Waals surface area contributed by atoms with Gasteiger partial charge in [-0.25, -0.2) is 4.98 Å². The smallest absolute Gasteiger partial charge is 0.124 e. The third kappa shape index (κ3) is 1.80. The minimum atomic E-state index is 1.10. The highest BCUT2D eigenvalue weighted by atomic mass is 32.1. The van der Waals surface area contributed by atoms with E-state index in [-0.39, 0.29) is 0 Å². The van der Waals surface area contributed by atoms with E-state index in [2.05, 4.69) is 54.6 Å². The van der Waals surface area contributed by atoms with E-state index in [9.17, 15) is 0 Å². The van der Waals surface area contributed by atoms with Crippen molar-refractivity contribution in [2.24, 2.45) is 0 Å². The van der Waals surface area contributed by atoms with Gasteiger partial charge in [0, 0.05) is 5.57 Å². The molecule has 1 aliphatic carbocycles. The van der Waals surface area contributed by atoms with Crippen molar-refractivity contribution in [1.82, 2.24) is 4.98 Å². The zero-order chi connectivity index (χ0) is 12.7. The number of thiazole rings is 1. The topological polar surface area (TPSA) is 12.9 Å². The third-order valence-electron chi connectivity index (χ3n) is 3.59. The van der Waals surface area contributed by atoms with Crippen LogP contribution in [0.15, 0.2) is 54.6 Å². The fraction of sp³-hybridized carbons (Fsp3) is 0.118. The summed E-state index contributed by atoms with van der Waals surface area (Å²) >= 11 is 1.79. The second-order valence-electron chi connectivity index (χ2n) is 4.80. The number of rotatable bonds is 1. The summed E-state index contributed by atoms with van der Waals surface area (Å²) in [6.45, 7) is 0. The van der Waals surface area contributed by atoms with Gasteiger partial charge in [0.15, 0.2) is 0 Å². The van der Waals surface area contributed by atoms with E-state index in [0.717, 1.165) is 23.4 Å². The van der Waals surface area contributed by atoms with Crippen molar-refractivity contribution in [2.75, 3.05) is 0 Å². The van der Waals surface area contributed by atoms with Crippen LogP contribution in [0.4, 0.5) is 0 Å². The van der Waals surface area contributed by atoms with Gasteiger partial charge in [0.2, 0.25) is 0 Å². The molecule has 0 atom stereocenters. The summed E-state index contributed by atoms with van der Waals surface area (Å²) in [7, 11) is 0. The van der Waals surface area contributed by atoms with Gasteiger partial charge in [0.25, 0.3) is 0 Å². The van der Waals surface area contributed by atoms with Gasteiger partial charge in [0.05, 0.1) is 10.2 Å². The molecular weight excluding hydrogens is 250 g/mol. The highest BCUT2D eigenvalue weighted by Crippen LogP contribution is 2.35. The normalized spacial score (nSPS) is 14.2. The maximum atomic E-state index is 4.79. The van der Waals surface area contributed by atoms with E-state index >= 15 is 0 Å². The van der Waals surface area contributed by atoms with Crippen molar-refractivity contribution in [3.8, 4) is 0 Å². The number of hydrogen-bond acceptors (Lipinski definition) is 2. The molecule has 0 radical (unpaired) electrons. The van der Waals surface area contributed by atoms with Crippen LogP contribution in [-0.2, 0) is 6.42 Å². The fourth-order valence-corrected chi connectivity index (χ4v) is 3.69. The molecule has 0 amide bonds. The van der Waals surface area contributed by atoms with Crippen LogP contribution in [-0.4, -0.2) is 4.98 Å². The summed E-state index contributed by atoms with van der Waals surface area (Å²) in [6.07, 6.45) is 4.59. The van der Waals surface area contributed by atoms with Gasteiger partial charge >= 0.3 is 0 Å². The van der Waals surface area contributed by atoms with Crippen LogP contribution in [0.3, 0.4) is 0 Å². The van der Waals surface area contributed by atoms with Crippen LogP contribution in [0.5, 0.6) is 0 Å². The van der Waals surface area contributed by atoms with Crippen LogP contribution in [0.25, 0.3) is 15.8 Å². The predicted octanol–water partition coefficient (Wildman–Crippen LogP) is 4.67. The first kappa shape index (κ1) is 10.9. The van der Waals surface area contributed by atoms with Gasteiger partial charge in [-0.2, -0.15) is 0 Å². The molecule has 0 spiro atoms. The minimum absolute atomic E-state index is 1.10. The first-order valence-corrected chi connectivity index (χ1v) is 7.38. The molecule has 92 valence electrons. The Hall–Kier alpha value is -1.93. The van der Waals surface area contributed by atoms with Gasteiger partial charge in [0.1, 0.15) is 5.01 Å². The lowest BCUT2D eigenvalue weighted by atomic mass is 9.91. The van der Waals surface area contributed by atoms with Crippen molar-refractivity contribution < 1.29 is 0 Å². The molecule has 2 aromatic carbocycles. The Morgan fingerprint density at radius 1 is 0.947 bits per heavy atom. The maximum absolute atomic E-state index is 4.79. The van der Waals surface area contributed by atoms with Gasteiger partial charge in [-0.3, -0.25) is 0 Å². The van der Waals surface area contributed by atoms with Crippen molar-refractivity contribution >= 4 is 27.1 Å². The molecule has 1 aliphatic rings. The zero-order valence-electron chi connectivity index (χ0n) is 10.5. The molecular formula is C17H13NS. The van der Waals surface area contributed by atoms with Gasteiger partial charge in [-0.1, -0.05) is 42.5 Å². The van der Waals surface area contributed by atoms with Crippen LogP contribution < -0.4 is 0 Å². The maximum Gasteiger partial charge on any atom is 0.124 e. The highest BCUT2D eigenvalue weighted by molar-refractivity contribution is 7.19. The quantitative estimate of drug-likeness (QED) is 0.621. The van der Waals surface area contributed by atoms with Crippen LogP contribution in [0.1, 0.15) is 22.6 Å². The van der Waals surface area contributed by atoms with E-state index in [1.54, 1.807) is 11.3 Å². The zero-order valence-corrected chi connectivity index (χ0v) is 11.3. The molecule has 0 fully saturated rings. The molecule has 0 saturated carbocycles. The van der Waals surface area contributed by atoms with Gasteiger partial charge in [-0.05, 0) is 36.1 Å². The lowest BCUT2D eigenvalue weighted by molar-refractivity contribution is 0.977. The van der Waals surface area contributed by atoms with Crippen LogP contribution in [0, 0.1) is 0 Å². The highest BCUT2D eigenvalue weighted by Gasteiger charge is 2.16. The summed E-state index contributed by atoms with van der Waals surface area (Å²) < 4.78 is 1.27. The van der Waals surface area contributed by atoms with Crippen LogP contribution >= 0.6 is 11.3 Å². The lowest BCUT2D eigenvalue weighted by Crippen LogP contribution is -2.00. The minimum Gasteiger partial charge on any atom is -0.236 e. The molecule has 0 N–H and O–H groups in total. The van der Waals surface area contributed by atoms with Crippen LogP contribution in [0.2, 0.25) is 0 Å². The molecule has 2 heteroatoms. The molecule has 0 aliphatic heterocycles. The fourth-order valence-electron chi connectivity index (χ4n) is 2.67. The first-order valence-electron chi connectivity index (χ1n) is 6.56. The summed E-state index contributed by atoms with van der Waals surface area (Å²) in [4.78, 5) is 4.79. The average molecular weight is 263 g/mol. The number of para-hydroxylation sites is 1. The van der Waals surface area contributed by atoms with Gasteiger partial charge in [-0.15, -0.1) is 11.3 Å². The largest absolute Gasteiger partial charge is 0.236 e. The molecule has 0 unspecified atom stereocenters. The Morgan fingerprint density at radius 3 is 2.74 bits per heavy atom. The second-order valence-corrected chi connectivity index (χ2v) is 5.83. The molecule has 1 aromatic heterocycles. The first-order chi connectivity index (χ1) is 9.42. The molecule has 3 aromatic rings. The number of aromatic nitrogens is 1. The Kier molecular flexibility index (Phi) is 2.49. The Morgan fingerprint density at radius 2 is 1.79 bits per heavy atom. The number of fused-ring (bicyclic) bond motifs is 2. The SMILES string of the molecule is C1=C(c2nc3ccccc3s2)c2ccccc2CC1. The average Bonchev–Trinajstić information content (AvgIpc) is 2.90. The molecule has 4 rings (SSSR count). The monoisotopic (exact) mass is 263 g/mol. The summed E-state index contributed by atoms with van der Waals surface area (Å²) in [5.41, 5.74) is 5.21. The van der Waals surface area contributed by atoms with E-state index in [0.29, 0.717) is 0 Å².